The molecule has 1 heterocycles. The molecule has 8 heteroatoms. The van der Waals surface area contributed by atoms with Gasteiger partial charge in [0.15, 0.2) is 23.6 Å². The molecule has 116 valence electrons. The van der Waals surface area contributed by atoms with Gasteiger partial charge in [0.05, 0.1) is 18.7 Å². The minimum absolute atomic E-state index is 0.0164. The fourth-order valence-electron chi connectivity index (χ4n) is 1.85. The molecule has 2 rings (SSSR count). The molecule has 0 saturated carbocycles. The van der Waals surface area contributed by atoms with Gasteiger partial charge in [-0.2, -0.15) is 5.10 Å². The standard InChI is InChI=1S/C14H11ClF2N2O3/c1-2-22-14(21)12-9(7-20)13(15)19(18-12)6-8-4-3-5-10(16)11(8)17/h3-5,7H,2,6H2,1H3. The van der Waals surface area contributed by atoms with E-state index >= 15 is 0 Å². The molecule has 22 heavy (non-hydrogen) atoms. The summed E-state index contributed by atoms with van der Waals surface area (Å²) in [6.07, 6.45) is 0.361. The Bertz CT molecular complexity index is 731. The monoisotopic (exact) mass is 328 g/mol. The molecular weight excluding hydrogens is 318 g/mol. The normalized spacial score (nSPS) is 10.5. The SMILES string of the molecule is CCOC(=O)c1nn(Cc2cccc(F)c2F)c(Cl)c1C=O. The molecule has 0 unspecified atom stereocenters. The van der Waals surface area contributed by atoms with E-state index in [1.807, 2.05) is 0 Å². The Morgan fingerprint density at radius 3 is 2.82 bits per heavy atom. The lowest BCUT2D eigenvalue weighted by Gasteiger charge is -2.05. The average molecular weight is 329 g/mol. The van der Waals surface area contributed by atoms with Crippen molar-refractivity contribution >= 4 is 23.9 Å². The van der Waals surface area contributed by atoms with Crippen LogP contribution in [-0.4, -0.2) is 28.6 Å². The van der Waals surface area contributed by atoms with Crippen LogP contribution < -0.4 is 0 Å². The summed E-state index contributed by atoms with van der Waals surface area (Å²) in [4.78, 5) is 22.8. The second-order valence-electron chi connectivity index (χ2n) is 4.26. The van der Waals surface area contributed by atoms with Crippen LogP contribution in [-0.2, 0) is 11.3 Å². The van der Waals surface area contributed by atoms with Crippen molar-refractivity contribution in [3.63, 3.8) is 0 Å². The number of aromatic nitrogens is 2. The highest BCUT2D eigenvalue weighted by molar-refractivity contribution is 6.32. The number of carbonyl (C=O) groups excluding carboxylic acids is 2. The Morgan fingerprint density at radius 2 is 2.18 bits per heavy atom. The predicted octanol–water partition coefficient (Wildman–Crippen LogP) is 2.85. The van der Waals surface area contributed by atoms with Gasteiger partial charge in [-0.25, -0.2) is 18.3 Å². The third kappa shape index (κ3) is 2.99. The first-order chi connectivity index (χ1) is 10.5. The molecule has 0 spiro atoms. The molecule has 1 aromatic heterocycles. The van der Waals surface area contributed by atoms with E-state index in [0.717, 1.165) is 10.7 Å². The molecule has 1 aromatic carbocycles. The highest BCUT2D eigenvalue weighted by atomic mass is 35.5. The number of benzene rings is 1. The number of ether oxygens (including phenoxy) is 1. The van der Waals surface area contributed by atoms with Gasteiger partial charge < -0.3 is 4.74 Å². The molecular formula is C14H11ClF2N2O3. The molecule has 0 bridgehead atoms. The zero-order valence-electron chi connectivity index (χ0n) is 11.5. The number of rotatable bonds is 5. The van der Waals surface area contributed by atoms with E-state index in [1.54, 1.807) is 6.92 Å². The number of aldehydes is 1. The van der Waals surface area contributed by atoms with Crippen LogP contribution in [0.15, 0.2) is 18.2 Å². The van der Waals surface area contributed by atoms with Crippen molar-refractivity contribution in [2.75, 3.05) is 6.61 Å². The van der Waals surface area contributed by atoms with E-state index in [0.29, 0.717) is 6.29 Å². The highest BCUT2D eigenvalue weighted by Gasteiger charge is 2.23. The maximum Gasteiger partial charge on any atom is 0.359 e. The van der Waals surface area contributed by atoms with Crippen molar-refractivity contribution in [1.29, 1.82) is 0 Å². The maximum absolute atomic E-state index is 13.7. The van der Waals surface area contributed by atoms with Gasteiger partial charge in [0.2, 0.25) is 0 Å². The van der Waals surface area contributed by atoms with Gasteiger partial charge in [-0.05, 0) is 13.0 Å². The van der Waals surface area contributed by atoms with Crippen molar-refractivity contribution in [2.45, 2.75) is 13.5 Å². The molecule has 0 N–H and O–H groups in total. The molecule has 5 nitrogen and oxygen atoms in total. The van der Waals surface area contributed by atoms with Crippen LogP contribution >= 0.6 is 11.6 Å². The van der Waals surface area contributed by atoms with E-state index in [4.69, 9.17) is 16.3 Å². The van der Waals surface area contributed by atoms with Gasteiger partial charge in [0, 0.05) is 5.56 Å². The number of hydrogen-bond acceptors (Lipinski definition) is 4. The van der Waals surface area contributed by atoms with Gasteiger partial charge in [-0.3, -0.25) is 4.79 Å². The van der Waals surface area contributed by atoms with E-state index in [9.17, 15) is 18.4 Å². The Morgan fingerprint density at radius 1 is 1.45 bits per heavy atom. The Kier molecular flexibility index (Phi) is 4.87. The Balaban J connectivity index is 2.42. The summed E-state index contributed by atoms with van der Waals surface area (Å²) in [5.41, 5.74) is -0.437. The smallest absolute Gasteiger partial charge is 0.359 e. The van der Waals surface area contributed by atoms with Crippen LogP contribution in [0.5, 0.6) is 0 Å². The predicted molar refractivity (Wildman–Crippen MR) is 74.0 cm³/mol. The summed E-state index contributed by atoms with van der Waals surface area (Å²) in [6.45, 7) is 1.46. The van der Waals surface area contributed by atoms with Gasteiger partial charge in [-0.15, -0.1) is 0 Å². The fourth-order valence-corrected chi connectivity index (χ4v) is 2.08. The zero-order valence-corrected chi connectivity index (χ0v) is 12.2. The molecule has 0 radical (unpaired) electrons. The molecule has 0 amide bonds. The lowest BCUT2D eigenvalue weighted by atomic mass is 10.2. The number of esters is 1. The molecule has 0 fully saturated rings. The molecule has 2 aromatic rings. The third-order valence-electron chi connectivity index (χ3n) is 2.86. The lowest BCUT2D eigenvalue weighted by Crippen LogP contribution is -2.09. The maximum atomic E-state index is 13.7. The topological polar surface area (TPSA) is 61.2 Å². The summed E-state index contributed by atoms with van der Waals surface area (Å²) in [5.74, 6) is -2.87. The highest BCUT2D eigenvalue weighted by Crippen LogP contribution is 2.21. The average Bonchev–Trinajstić information content (AvgIpc) is 2.80. The summed E-state index contributed by atoms with van der Waals surface area (Å²) < 4.78 is 32.7. The van der Waals surface area contributed by atoms with Gasteiger partial charge in [-0.1, -0.05) is 23.7 Å². The van der Waals surface area contributed by atoms with E-state index in [-0.39, 0.29) is 35.1 Å². The van der Waals surface area contributed by atoms with Gasteiger partial charge >= 0.3 is 5.97 Å². The van der Waals surface area contributed by atoms with E-state index in [1.165, 1.54) is 12.1 Å². The summed E-state index contributed by atoms with van der Waals surface area (Å²) in [6, 6.07) is 3.66. The van der Waals surface area contributed by atoms with Crippen molar-refractivity contribution in [3.8, 4) is 0 Å². The third-order valence-corrected chi connectivity index (χ3v) is 3.26. The second-order valence-corrected chi connectivity index (χ2v) is 4.62. The molecule has 0 aliphatic carbocycles. The quantitative estimate of drug-likeness (QED) is 0.625. The number of nitrogens with zero attached hydrogens (tertiary/aromatic N) is 2. The number of hydrogen-bond donors (Lipinski definition) is 0. The van der Waals surface area contributed by atoms with Crippen LogP contribution in [0.3, 0.4) is 0 Å². The van der Waals surface area contributed by atoms with Crippen LogP contribution in [0.4, 0.5) is 8.78 Å². The second kappa shape index (κ2) is 6.65. The number of halogens is 3. The first-order valence-electron chi connectivity index (χ1n) is 6.31. The molecule has 0 aliphatic heterocycles. The fraction of sp³-hybridized carbons (Fsp3) is 0.214. The first kappa shape index (κ1) is 16.1. The largest absolute Gasteiger partial charge is 0.461 e. The van der Waals surface area contributed by atoms with E-state index in [2.05, 4.69) is 5.10 Å². The van der Waals surface area contributed by atoms with Crippen molar-refractivity contribution in [3.05, 3.63) is 51.8 Å². The van der Waals surface area contributed by atoms with Crippen LogP contribution in [0, 0.1) is 11.6 Å². The van der Waals surface area contributed by atoms with Crippen LogP contribution in [0.25, 0.3) is 0 Å². The van der Waals surface area contributed by atoms with Crippen molar-refractivity contribution < 1.29 is 23.1 Å². The summed E-state index contributed by atoms with van der Waals surface area (Å²) >= 11 is 5.96. The lowest BCUT2D eigenvalue weighted by molar-refractivity contribution is 0.0516. The summed E-state index contributed by atoms with van der Waals surface area (Å²) in [5, 5.41) is 3.70. The minimum Gasteiger partial charge on any atom is -0.461 e. The zero-order chi connectivity index (χ0) is 16.3. The van der Waals surface area contributed by atoms with Crippen LogP contribution in [0.1, 0.15) is 33.3 Å². The van der Waals surface area contributed by atoms with E-state index < -0.39 is 17.6 Å². The van der Waals surface area contributed by atoms with Gasteiger partial charge in [0.1, 0.15) is 5.15 Å². The Labute approximate surface area is 129 Å². The van der Waals surface area contributed by atoms with Crippen molar-refractivity contribution in [1.82, 2.24) is 9.78 Å². The molecule has 0 aliphatic rings. The van der Waals surface area contributed by atoms with Gasteiger partial charge in [0.25, 0.3) is 0 Å². The molecule has 0 atom stereocenters. The van der Waals surface area contributed by atoms with Crippen molar-refractivity contribution in [2.24, 2.45) is 0 Å². The summed E-state index contributed by atoms with van der Waals surface area (Å²) in [7, 11) is 0. The Hall–Kier alpha value is -2.28. The minimum atomic E-state index is -1.04. The first-order valence-corrected chi connectivity index (χ1v) is 6.68. The number of carbonyl (C=O) groups is 2. The van der Waals surface area contributed by atoms with Crippen LogP contribution in [0.2, 0.25) is 5.15 Å². The molecule has 0 saturated heterocycles.